The third-order valence-electron chi connectivity index (χ3n) is 4.41. The van der Waals surface area contributed by atoms with Crippen molar-refractivity contribution in [3.63, 3.8) is 0 Å². The van der Waals surface area contributed by atoms with E-state index in [9.17, 15) is 0 Å². The Hall–Kier alpha value is -0.275. The molecule has 1 unspecified atom stereocenters. The fourth-order valence-corrected chi connectivity index (χ4v) is 2.30. The summed E-state index contributed by atoms with van der Waals surface area (Å²) < 4.78 is 12.0. The van der Waals surface area contributed by atoms with Crippen LogP contribution in [0, 0.1) is 11.3 Å². The smallest absolute Gasteiger partial charge is 0.403 e. The highest BCUT2D eigenvalue weighted by Crippen LogP contribution is 2.39. The van der Waals surface area contributed by atoms with Crippen molar-refractivity contribution in [2.45, 2.75) is 72.4 Å². The molecule has 0 aromatic heterocycles. The molecule has 0 radical (unpaired) electrons. The molecule has 1 atom stereocenters. The van der Waals surface area contributed by atoms with Crippen LogP contribution in [0.4, 0.5) is 0 Å². The summed E-state index contributed by atoms with van der Waals surface area (Å²) in [6, 6.07) is 0. The molecule has 0 aromatic carbocycles. The molecule has 0 N–H and O–H groups in total. The highest BCUT2D eigenvalue weighted by molar-refractivity contribution is 6.45. The molecule has 1 aliphatic rings. The zero-order valence-corrected chi connectivity index (χ0v) is 13.2. The van der Waals surface area contributed by atoms with Crippen molar-refractivity contribution in [3.05, 3.63) is 12.7 Å². The standard InChI is InChI=1S/C15H29BO2/c1-9-12(13(2,3)4)10-11-16-17-14(5,6)15(7,8)18-16/h9,12H,1,10-11H2,2-8H3. The SMILES string of the molecule is C=CC(CCB1OC(C)(C)C(C)(C)O1)C(C)(C)C. The number of rotatable bonds is 4. The van der Waals surface area contributed by atoms with Gasteiger partial charge in [0.15, 0.2) is 0 Å². The normalized spacial score (nSPS) is 24.1. The molecule has 2 nitrogen and oxygen atoms in total. The topological polar surface area (TPSA) is 18.5 Å². The van der Waals surface area contributed by atoms with Gasteiger partial charge in [-0.25, -0.2) is 0 Å². The van der Waals surface area contributed by atoms with Crippen molar-refractivity contribution >= 4 is 7.12 Å². The van der Waals surface area contributed by atoms with Crippen molar-refractivity contribution in [1.29, 1.82) is 0 Å². The number of hydrogen-bond acceptors (Lipinski definition) is 2. The van der Waals surface area contributed by atoms with Gasteiger partial charge in [0.05, 0.1) is 11.2 Å². The van der Waals surface area contributed by atoms with Crippen molar-refractivity contribution in [2.24, 2.45) is 11.3 Å². The zero-order chi connectivity index (χ0) is 14.2. The van der Waals surface area contributed by atoms with Gasteiger partial charge < -0.3 is 9.31 Å². The lowest BCUT2D eigenvalue weighted by Crippen LogP contribution is -2.41. The maximum absolute atomic E-state index is 6.02. The minimum absolute atomic E-state index is 0.0835. The first kappa shape index (κ1) is 15.8. The fourth-order valence-electron chi connectivity index (χ4n) is 2.30. The van der Waals surface area contributed by atoms with E-state index in [1.807, 2.05) is 0 Å². The first-order valence-corrected chi connectivity index (χ1v) is 6.98. The van der Waals surface area contributed by atoms with Crippen LogP contribution in [0.3, 0.4) is 0 Å². The van der Waals surface area contributed by atoms with E-state index in [-0.39, 0.29) is 23.7 Å². The lowest BCUT2D eigenvalue weighted by Gasteiger charge is -2.32. The summed E-state index contributed by atoms with van der Waals surface area (Å²) in [6.45, 7) is 19.1. The second kappa shape index (κ2) is 5.01. The average Bonchev–Trinajstić information content (AvgIpc) is 2.33. The monoisotopic (exact) mass is 252 g/mol. The van der Waals surface area contributed by atoms with Gasteiger partial charge in [-0.3, -0.25) is 0 Å². The number of hydrogen-bond donors (Lipinski definition) is 0. The van der Waals surface area contributed by atoms with Crippen LogP contribution in [0.1, 0.15) is 54.9 Å². The minimum atomic E-state index is -0.219. The lowest BCUT2D eigenvalue weighted by molar-refractivity contribution is 0.00578. The van der Waals surface area contributed by atoms with Crippen LogP contribution in [0.5, 0.6) is 0 Å². The van der Waals surface area contributed by atoms with E-state index in [0.717, 1.165) is 12.7 Å². The van der Waals surface area contributed by atoms with Gasteiger partial charge in [-0.15, -0.1) is 6.58 Å². The first-order chi connectivity index (χ1) is 7.99. The third kappa shape index (κ3) is 3.39. The van der Waals surface area contributed by atoms with Gasteiger partial charge in [0.2, 0.25) is 0 Å². The van der Waals surface area contributed by atoms with Gasteiger partial charge in [-0.2, -0.15) is 0 Å². The molecule has 0 saturated carbocycles. The molecule has 104 valence electrons. The molecule has 1 aliphatic heterocycles. The second-order valence-electron chi connectivity index (χ2n) is 7.47. The molecule has 0 amide bonds. The predicted octanol–water partition coefficient (Wildman–Crippen LogP) is 4.32. The molecule has 0 aromatic rings. The highest BCUT2D eigenvalue weighted by Gasteiger charge is 2.50. The second-order valence-corrected chi connectivity index (χ2v) is 7.47. The Morgan fingerprint density at radius 3 is 1.89 bits per heavy atom. The van der Waals surface area contributed by atoms with E-state index in [4.69, 9.17) is 9.31 Å². The third-order valence-corrected chi connectivity index (χ3v) is 4.41. The van der Waals surface area contributed by atoms with E-state index in [2.05, 4.69) is 61.1 Å². The van der Waals surface area contributed by atoms with Crippen molar-refractivity contribution in [3.8, 4) is 0 Å². The van der Waals surface area contributed by atoms with E-state index in [1.165, 1.54) is 0 Å². The van der Waals surface area contributed by atoms with Gasteiger partial charge in [0.1, 0.15) is 0 Å². The van der Waals surface area contributed by atoms with Crippen molar-refractivity contribution in [1.82, 2.24) is 0 Å². The summed E-state index contributed by atoms with van der Waals surface area (Å²) in [6.07, 6.45) is 4.05. The summed E-state index contributed by atoms with van der Waals surface area (Å²) in [5.41, 5.74) is -0.183. The quantitative estimate of drug-likeness (QED) is 0.548. The van der Waals surface area contributed by atoms with E-state index in [1.54, 1.807) is 0 Å². The van der Waals surface area contributed by atoms with Crippen molar-refractivity contribution < 1.29 is 9.31 Å². The zero-order valence-electron chi connectivity index (χ0n) is 13.2. The predicted molar refractivity (Wildman–Crippen MR) is 78.6 cm³/mol. The van der Waals surface area contributed by atoms with E-state index in [0.29, 0.717) is 5.92 Å². The van der Waals surface area contributed by atoms with Gasteiger partial charge in [-0.1, -0.05) is 26.8 Å². The molecule has 1 fully saturated rings. The maximum atomic E-state index is 6.02. The number of allylic oxidation sites excluding steroid dienone is 1. The van der Waals surface area contributed by atoms with Crippen LogP contribution >= 0.6 is 0 Å². The molecule has 0 bridgehead atoms. The largest absolute Gasteiger partial charge is 0.457 e. The summed E-state index contributed by atoms with van der Waals surface area (Å²) in [5, 5.41) is 0. The molecule has 1 rings (SSSR count). The van der Waals surface area contributed by atoms with Crippen LogP contribution in [-0.4, -0.2) is 18.3 Å². The van der Waals surface area contributed by atoms with Crippen molar-refractivity contribution in [2.75, 3.05) is 0 Å². The highest BCUT2D eigenvalue weighted by atomic mass is 16.7. The Labute approximate surface area is 113 Å². The molecule has 3 heteroatoms. The Bertz CT molecular complexity index is 286. The molecule has 0 aliphatic carbocycles. The van der Waals surface area contributed by atoms with Gasteiger partial charge >= 0.3 is 7.12 Å². The summed E-state index contributed by atoms with van der Waals surface area (Å²) >= 11 is 0. The van der Waals surface area contributed by atoms with E-state index >= 15 is 0 Å². The van der Waals surface area contributed by atoms with Gasteiger partial charge in [0.25, 0.3) is 0 Å². The molecular formula is C15H29BO2. The van der Waals surface area contributed by atoms with Gasteiger partial charge in [-0.05, 0) is 51.8 Å². The Morgan fingerprint density at radius 1 is 1.11 bits per heavy atom. The average molecular weight is 252 g/mol. The van der Waals surface area contributed by atoms with Crippen LogP contribution in [0.15, 0.2) is 12.7 Å². The Kier molecular flexibility index (Phi) is 4.39. The Morgan fingerprint density at radius 2 is 1.56 bits per heavy atom. The molecular weight excluding hydrogens is 223 g/mol. The first-order valence-electron chi connectivity index (χ1n) is 6.98. The molecule has 1 heterocycles. The van der Waals surface area contributed by atoms with Gasteiger partial charge in [0, 0.05) is 0 Å². The summed E-state index contributed by atoms with van der Waals surface area (Å²) in [4.78, 5) is 0. The van der Waals surface area contributed by atoms with Crippen LogP contribution < -0.4 is 0 Å². The van der Waals surface area contributed by atoms with Crippen LogP contribution in [0.25, 0.3) is 0 Å². The fraction of sp³-hybridized carbons (Fsp3) is 0.867. The van der Waals surface area contributed by atoms with Crippen LogP contribution in [-0.2, 0) is 9.31 Å². The summed E-state index contributed by atoms with van der Waals surface area (Å²) in [7, 11) is -0.0835. The van der Waals surface area contributed by atoms with Crippen LogP contribution in [0.2, 0.25) is 6.32 Å². The minimum Gasteiger partial charge on any atom is -0.403 e. The molecule has 1 saturated heterocycles. The Balaban J connectivity index is 2.54. The lowest BCUT2D eigenvalue weighted by atomic mass is 9.72. The van der Waals surface area contributed by atoms with E-state index < -0.39 is 0 Å². The molecule has 0 spiro atoms. The summed E-state index contributed by atoms with van der Waals surface area (Å²) in [5.74, 6) is 0.497. The molecule has 18 heavy (non-hydrogen) atoms. The maximum Gasteiger partial charge on any atom is 0.457 e.